The summed E-state index contributed by atoms with van der Waals surface area (Å²) >= 11 is 0. The summed E-state index contributed by atoms with van der Waals surface area (Å²) in [5.74, 6) is 0. The van der Waals surface area contributed by atoms with Crippen LogP contribution in [-0.4, -0.2) is 65.9 Å². The minimum Gasteiger partial charge on any atom is -0.381 e. The Hall–Kier alpha value is 0.0300. The maximum atomic E-state index is 12.2. The Labute approximate surface area is 78.9 Å². The van der Waals surface area contributed by atoms with E-state index in [1.165, 1.54) is 28.1 Å². The number of hydrogen-bond acceptors (Lipinski definition) is 3. The lowest BCUT2D eigenvalue weighted by Crippen LogP contribution is -2.35. The van der Waals surface area contributed by atoms with Gasteiger partial charge in [0.15, 0.2) is 0 Å². The van der Waals surface area contributed by atoms with E-state index in [4.69, 9.17) is 10.2 Å². The lowest BCUT2D eigenvalue weighted by atomic mass is 11.2. The second-order valence-corrected chi connectivity index (χ2v) is 6.15. The second kappa shape index (κ2) is 5.05. The van der Waals surface area contributed by atoms with E-state index < -0.39 is 7.59 Å². The minimum absolute atomic E-state index is 0.320. The molecule has 13 heavy (non-hydrogen) atoms. The highest BCUT2D eigenvalue weighted by Gasteiger charge is 2.34. The fraction of sp³-hybridized carbons (Fsp3) is 1.00. The van der Waals surface area contributed by atoms with E-state index >= 15 is 0 Å². The smallest absolute Gasteiger partial charge is 0.289 e. The highest BCUT2D eigenvalue weighted by molar-refractivity contribution is 7.56. The molecule has 0 aliphatic heterocycles. The van der Waals surface area contributed by atoms with Crippen LogP contribution in [0.15, 0.2) is 0 Å². The van der Waals surface area contributed by atoms with Crippen LogP contribution in [0.1, 0.15) is 0 Å². The van der Waals surface area contributed by atoms with Crippen molar-refractivity contribution >= 4 is 7.59 Å². The van der Waals surface area contributed by atoms with Crippen molar-refractivity contribution in [2.24, 2.45) is 0 Å². The summed E-state index contributed by atoms with van der Waals surface area (Å²) in [5.41, 5.74) is 0. The third-order valence-electron chi connectivity index (χ3n) is 1.82. The van der Waals surface area contributed by atoms with Crippen molar-refractivity contribution < 1.29 is 14.8 Å². The summed E-state index contributed by atoms with van der Waals surface area (Å²) in [7, 11) is 3.37. The van der Waals surface area contributed by atoms with E-state index in [0.717, 1.165) is 0 Å². The van der Waals surface area contributed by atoms with Crippen molar-refractivity contribution in [2.45, 2.75) is 0 Å². The van der Waals surface area contributed by atoms with Crippen LogP contribution in [0.25, 0.3) is 0 Å². The highest BCUT2D eigenvalue weighted by Crippen LogP contribution is 2.52. The van der Waals surface area contributed by atoms with Crippen LogP contribution in [0.3, 0.4) is 0 Å². The van der Waals surface area contributed by atoms with Crippen molar-refractivity contribution in [2.75, 3.05) is 41.7 Å². The third kappa shape index (κ3) is 2.49. The summed E-state index contributed by atoms with van der Waals surface area (Å²) in [5, 5.41) is 17.8. The predicted molar refractivity (Wildman–Crippen MR) is 51.0 cm³/mol. The van der Waals surface area contributed by atoms with Crippen LogP contribution in [0, 0.1) is 0 Å². The number of rotatable bonds is 5. The zero-order valence-corrected chi connectivity index (χ0v) is 9.40. The first-order valence-electron chi connectivity index (χ1n) is 3.84. The molecule has 0 aliphatic carbocycles. The van der Waals surface area contributed by atoms with Gasteiger partial charge in [-0.05, 0) is 28.2 Å². The molecule has 0 amide bonds. The molecule has 0 aromatic carbocycles. The van der Waals surface area contributed by atoms with Crippen LogP contribution in [0.5, 0.6) is 0 Å². The molecule has 0 fully saturated rings. The minimum atomic E-state index is -2.97. The van der Waals surface area contributed by atoms with Gasteiger partial charge in [-0.3, -0.25) is 4.57 Å². The fourth-order valence-corrected chi connectivity index (χ4v) is 3.11. The van der Waals surface area contributed by atoms with E-state index in [2.05, 4.69) is 0 Å². The van der Waals surface area contributed by atoms with Crippen molar-refractivity contribution in [1.82, 2.24) is 14.0 Å². The normalized spacial score (nSPS) is 13.3. The zero-order valence-electron chi connectivity index (χ0n) is 8.51. The molecular formula is C6H18N3O3P. The topological polar surface area (TPSA) is 67.2 Å². The molecule has 6 nitrogen and oxygen atoms in total. The molecule has 0 unspecified atom stereocenters. The molecule has 0 rings (SSSR count). The van der Waals surface area contributed by atoms with Crippen LogP contribution in [0.4, 0.5) is 0 Å². The van der Waals surface area contributed by atoms with Gasteiger partial charge in [-0.2, -0.15) is 0 Å². The molecule has 0 saturated heterocycles. The first-order valence-corrected chi connectivity index (χ1v) is 5.40. The summed E-state index contributed by atoms with van der Waals surface area (Å²) < 4.78 is 16.3. The van der Waals surface area contributed by atoms with Gasteiger partial charge in [-0.25, -0.2) is 14.0 Å². The lowest BCUT2D eigenvalue weighted by Gasteiger charge is -2.36. The molecule has 80 valence electrons. The highest BCUT2D eigenvalue weighted by atomic mass is 31.2. The van der Waals surface area contributed by atoms with E-state index in [0.29, 0.717) is 0 Å². The molecule has 0 atom stereocenters. The van der Waals surface area contributed by atoms with Gasteiger partial charge in [0.2, 0.25) is 0 Å². The average Bonchev–Trinajstić information content (AvgIpc) is 2.13. The Bertz CT molecular complexity index is 186. The first kappa shape index (κ1) is 13.0. The van der Waals surface area contributed by atoms with E-state index in [9.17, 15) is 4.57 Å². The standard InChI is InChI=1S/C6H18N3O3P/c1-7(2)13(12,8(3)5-10)9(4)6-11/h10-11H,5-6H2,1-4H3. The Morgan fingerprint density at radius 3 is 1.46 bits per heavy atom. The zero-order chi connectivity index (χ0) is 10.6. The van der Waals surface area contributed by atoms with E-state index in [1.54, 1.807) is 14.1 Å². The number of aliphatic hydroxyl groups is 2. The molecule has 0 aromatic rings. The van der Waals surface area contributed by atoms with Gasteiger partial charge < -0.3 is 10.2 Å². The molecular weight excluding hydrogens is 193 g/mol. The third-order valence-corrected chi connectivity index (χ3v) is 4.89. The molecule has 0 aliphatic rings. The maximum absolute atomic E-state index is 12.2. The average molecular weight is 211 g/mol. The molecule has 0 heterocycles. The molecule has 0 bridgehead atoms. The lowest BCUT2D eigenvalue weighted by molar-refractivity contribution is 0.149. The summed E-state index contributed by atoms with van der Waals surface area (Å²) in [6.45, 7) is -0.639. The number of hydrogen-bond donors (Lipinski definition) is 2. The van der Waals surface area contributed by atoms with Crippen molar-refractivity contribution in [3.05, 3.63) is 0 Å². The van der Waals surface area contributed by atoms with Crippen LogP contribution >= 0.6 is 7.59 Å². The Balaban J connectivity index is 4.84. The summed E-state index contributed by atoms with van der Waals surface area (Å²) in [4.78, 5) is 0. The largest absolute Gasteiger partial charge is 0.381 e. The van der Waals surface area contributed by atoms with Gasteiger partial charge in [-0.1, -0.05) is 0 Å². The van der Waals surface area contributed by atoms with Crippen LogP contribution in [0.2, 0.25) is 0 Å². The molecule has 0 radical (unpaired) electrons. The SMILES string of the molecule is CN(C)P(=O)(N(C)CO)N(C)CO. The van der Waals surface area contributed by atoms with Crippen LogP contribution < -0.4 is 0 Å². The predicted octanol–water partition coefficient (Wildman–Crippen LogP) is -0.581. The van der Waals surface area contributed by atoms with Gasteiger partial charge in [-0.15, -0.1) is 0 Å². The molecule has 7 heteroatoms. The summed E-state index contributed by atoms with van der Waals surface area (Å²) in [6, 6.07) is 0. The fourth-order valence-electron chi connectivity index (χ4n) is 1.04. The Kier molecular flexibility index (Phi) is 5.06. The maximum Gasteiger partial charge on any atom is 0.289 e. The van der Waals surface area contributed by atoms with Crippen molar-refractivity contribution in [3.8, 4) is 0 Å². The number of aliphatic hydroxyl groups excluding tert-OH is 2. The molecule has 2 N–H and O–H groups in total. The Morgan fingerprint density at radius 1 is 1.00 bits per heavy atom. The van der Waals surface area contributed by atoms with Crippen molar-refractivity contribution in [3.63, 3.8) is 0 Å². The number of nitrogens with zero attached hydrogens (tertiary/aromatic N) is 3. The quantitative estimate of drug-likeness (QED) is 0.468. The molecule has 0 aromatic heterocycles. The Morgan fingerprint density at radius 2 is 1.31 bits per heavy atom. The second-order valence-electron chi connectivity index (χ2n) is 2.96. The van der Waals surface area contributed by atoms with Gasteiger partial charge in [0, 0.05) is 0 Å². The van der Waals surface area contributed by atoms with Gasteiger partial charge in [0.25, 0.3) is 7.59 Å². The van der Waals surface area contributed by atoms with Gasteiger partial charge in [0.05, 0.1) is 0 Å². The monoisotopic (exact) mass is 211 g/mol. The summed E-state index contributed by atoms with van der Waals surface area (Å²) in [6.07, 6.45) is 0. The van der Waals surface area contributed by atoms with Gasteiger partial charge >= 0.3 is 0 Å². The molecule has 0 saturated carbocycles. The molecule has 0 spiro atoms. The van der Waals surface area contributed by atoms with Crippen molar-refractivity contribution in [1.29, 1.82) is 0 Å². The van der Waals surface area contributed by atoms with Gasteiger partial charge in [0.1, 0.15) is 13.5 Å². The van der Waals surface area contributed by atoms with Crippen LogP contribution in [-0.2, 0) is 4.57 Å². The van der Waals surface area contributed by atoms with E-state index in [-0.39, 0.29) is 13.5 Å². The van der Waals surface area contributed by atoms with E-state index in [1.807, 2.05) is 0 Å². The first-order chi connectivity index (χ1) is 5.91.